The SMILES string of the molecule is CCOC(=O)C#Cc1ccc(-c2ccc(C#CC(=O)OCC)cc2)cc1. The highest BCUT2D eigenvalue weighted by Gasteiger charge is 1.99. The van der Waals surface area contributed by atoms with Crippen molar-refractivity contribution < 1.29 is 19.1 Å². The van der Waals surface area contributed by atoms with Crippen LogP contribution in [0, 0.1) is 23.7 Å². The highest BCUT2D eigenvalue weighted by molar-refractivity contribution is 5.89. The second-order valence-electron chi connectivity index (χ2n) is 5.10. The van der Waals surface area contributed by atoms with E-state index < -0.39 is 11.9 Å². The molecule has 0 aromatic heterocycles. The molecule has 0 aliphatic heterocycles. The van der Waals surface area contributed by atoms with Crippen LogP contribution in [0.5, 0.6) is 0 Å². The minimum Gasteiger partial charge on any atom is -0.456 e. The van der Waals surface area contributed by atoms with Gasteiger partial charge in [-0.1, -0.05) is 36.1 Å². The molecule has 0 saturated heterocycles. The molecule has 0 radical (unpaired) electrons. The predicted molar refractivity (Wildman–Crippen MR) is 98.9 cm³/mol. The van der Waals surface area contributed by atoms with Crippen LogP contribution >= 0.6 is 0 Å². The predicted octanol–water partition coefficient (Wildman–Crippen LogP) is 3.18. The average molecular weight is 346 g/mol. The fourth-order valence-corrected chi connectivity index (χ4v) is 2.07. The quantitative estimate of drug-likeness (QED) is 0.633. The van der Waals surface area contributed by atoms with Crippen molar-refractivity contribution >= 4 is 11.9 Å². The molecule has 0 amide bonds. The van der Waals surface area contributed by atoms with Gasteiger partial charge in [-0.15, -0.1) is 0 Å². The van der Waals surface area contributed by atoms with Crippen molar-refractivity contribution in [2.45, 2.75) is 13.8 Å². The standard InChI is InChI=1S/C22H18O4/c1-3-25-21(23)15-9-17-5-11-19(12-6-17)20-13-7-18(8-14-20)10-16-22(24)26-4-2/h5-8,11-14H,3-4H2,1-2H3. The molecule has 4 heteroatoms. The van der Waals surface area contributed by atoms with Crippen LogP contribution in [0.4, 0.5) is 0 Å². The van der Waals surface area contributed by atoms with E-state index in [9.17, 15) is 9.59 Å². The number of ether oxygens (including phenoxy) is 2. The van der Waals surface area contributed by atoms with Crippen molar-refractivity contribution in [3.05, 3.63) is 59.7 Å². The van der Waals surface area contributed by atoms with E-state index in [1.54, 1.807) is 13.8 Å². The van der Waals surface area contributed by atoms with Crippen molar-refractivity contribution in [3.8, 4) is 34.8 Å². The normalized spacial score (nSPS) is 9.15. The second-order valence-corrected chi connectivity index (χ2v) is 5.10. The Morgan fingerprint density at radius 3 is 1.35 bits per heavy atom. The van der Waals surface area contributed by atoms with E-state index in [4.69, 9.17) is 9.47 Å². The summed E-state index contributed by atoms with van der Waals surface area (Å²) < 4.78 is 9.53. The maximum absolute atomic E-state index is 11.2. The van der Waals surface area contributed by atoms with Gasteiger partial charge in [0.05, 0.1) is 13.2 Å². The van der Waals surface area contributed by atoms with Crippen LogP contribution in [0.25, 0.3) is 11.1 Å². The zero-order valence-electron chi connectivity index (χ0n) is 14.7. The Hall–Kier alpha value is -3.50. The summed E-state index contributed by atoms with van der Waals surface area (Å²) in [6.07, 6.45) is 0. The van der Waals surface area contributed by atoms with E-state index in [2.05, 4.69) is 23.7 Å². The highest BCUT2D eigenvalue weighted by Crippen LogP contribution is 2.20. The first kappa shape index (κ1) is 18.8. The van der Waals surface area contributed by atoms with Crippen molar-refractivity contribution in [2.24, 2.45) is 0 Å². The molecule has 0 bridgehead atoms. The molecular formula is C22H18O4. The summed E-state index contributed by atoms with van der Waals surface area (Å²) in [5, 5.41) is 0. The molecule has 2 aromatic carbocycles. The van der Waals surface area contributed by atoms with E-state index >= 15 is 0 Å². The van der Waals surface area contributed by atoms with Gasteiger partial charge in [-0.05, 0) is 49.2 Å². The van der Waals surface area contributed by atoms with Gasteiger partial charge in [0.1, 0.15) is 0 Å². The topological polar surface area (TPSA) is 52.6 Å². The van der Waals surface area contributed by atoms with Crippen molar-refractivity contribution in [1.29, 1.82) is 0 Å². The van der Waals surface area contributed by atoms with Gasteiger partial charge in [-0.25, -0.2) is 9.59 Å². The zero-order chi connectivity index (χ0) is 18.8. The molecule has 0 saturated carbocycles. The van der Waals surface area contributed by atoms with Crippen LogP contribution in [-0.2, 0) is 19.1 Å². The van der Waals surface area contributed by atoms with Crippen LogP contribution in [0.15, 0.2) is 48.5 Å². The summed E-state index contributed by atoms with van der Waals surface area (Å²) in [5.41, 5.74) is 3.49. The Morgan fingerprint density at radius 2 is 1.04 bits per heavy atom. The summed E-state index contributed by atoms with van der Waals surface area (Å²) in [5.74, 6) is 9.34. The molecule has 0 aliphatic carbocycles. The maximum Gasteiger partial charge on any atom is 0.384 e. The summed E-state index contributed by atoms with van der Waals surface area (Å²) in [6, 6.07) is 15.1. The number of hydrogen-bond donors (Lipinski definition) is 0. The van der Waals surface area contributed by atoms with Gasteiger partial charge < -0.3 is 9.47 Å². The van der Waals surface area contributed by atoms with E-state index in [0.29, 0.717) is 13.2 Å². The molecule has 0 N–H and O–H groups in total. The molecule has 26 heavy (non-hydrogen) atoms. The first-order chi connectivity index (χ1) is 12.6. The monoisotopic (exact) mass is 346 g/mol. The molecule has 0 fully saturated rings. The largest absolute Gasteiger partial charge is 0.456 e. The first-order valence-electron chi connectivity index (χ1n) is 8.20. The van der Waals surface area contributed by atoms with E-state index in [0.717, 1.165) is 22.3 Å². The van der Waals surface area contributed by atoms with Gasteiger partial charge in [0.15, 0.2) is 0 Å². The molecule has 0 spiro atoms. The lowest BCUT2D eigenvalue weighted by molar-refractivity contribution is -0.137. The van der Waals surface area contributed by atoms with E-state index in [1.165, 1.54) is 0 Å². The molecule has 2 aromatic rings. The summed E-state index contributed by atoms with van der Waals surface area (Å²) >= 11 is 0. The molecule has 0 heterocycles. The van der Waals surface area contributed by atoms with Crippen LogP contribution in [0.1, 0.15) is 25.0 Å². The molecule has 0 aliphatic rings. The van der Waals surface area contributed by atoms with Crippen molar-refractivity contribution in [2.75, 3.05) is 13.2 Å². The smallest absolute Gasteiger partial charge is 0.384 e. The Morgan fingerprint density at radius 1 is 0.692 bits per heavy atom. The average Bonchev–Trinajstić information content (AvgIpc) is 2.66. The van der Waals surface area contributed by atoms with Crippen LogP contribution in [0.2, 0.25) is 0 Å². The third-order valence-electron chi connectivity index (χ3n) is 3.27. The highest BCUT2D eigenvalue weighted by atomic mass is 16.5. The van der Waals surface area contributed by atoms with Gasteiger partial charge >= 0.3 is 11.9 Å². The fraction of sp³-hybridized carbons (Fsp3) is 0.182. The number of benzene rings is 2. The Balaban J connectivity index is 2.07. The lowest BCUT2D eigenvalue weighted by Crippen LogP contribution is -1.99. The van der Waals surface area contributed by atoms with Gasteiger partial charge in [0.2, 0.25) is 0 Å². The Bertz CT molecular complexity index is 808. The Labute approximate surface area is 153 Å². The minimum atomic E-state index is -0.531. The van der Waals surface area contributed by atoms with Crippen molar-refractivity contribution in [3.63, 3.8) is 0 Å². The van der Waals surface area contributed by atoms with Gasteiger partial charge in [0, 0.05) is 23.0 Å². The van der Waals surface area contributed by atoms with Gasteiger partial charge in [-0.3, -0.25) is 0 Å². The third kappa shape index (κ3) is 5.85. The molecular weight excluding hydrogens is 328 g/mol. The molecule has 0 atom stereocenters. The molecule has 130 valence electrons. The lowest BCUT2D eigenvalue weighted by Gasteiger charge is -2.02. The number of carbonyl (C=O) groups excluding carboxylic acids is 2. The fourth-order valence-electron chi connectivity index (χ4n) is 2.07. The lowest BCUT2D eigenvalue weighted by atomic mass is 10.0. The molecule has 4 nitrogen and oxygen atoms in total. The zero-order valence-corrected chi connectivity index (χ0v) is 14.7. The first-order valence-corrected chi connectivity index (χ1v) is 8.20. The molecule has 2 rings (SSSR count). The number of hydrogen-bond acceptors (Lipinski definition) is 4. The summed E-state index contributed by atoms with van der Waals surface area (Å²) in [6.45, 7) is 4.10. The number of carbonyl (C=O) groups is 2. The van der Waals surface area contributed by atoms with Crippen molar-refractivity contribution in [1.82, 2.24) is 0 Å². The third-order valence-corrected chi connectivity index (χ3v) is 3.27. The second kappa shape index (κ2) is 9.71. The number of esters is 2. The maximum atomic E-state index is 11.2. The van der Waals surface area contributed by atoms with Gasteiger partial charge in [-0.2, -0.15) is 0 Å². The van der Waals surface area contributed by atoms with Crippen LogP contribution < -0.4 is 0 Å². The summed E-state index contributed by atoms with van der Waals surface area (Å²) in [7, 11) is 0. The van der Waals surface area contributed by atoms with Crippen LogP contribution in [0.3, 0.4) is 0 Å². The Kier molecular flexibility index (Phi) is 7.04. The minimum absolute atomic E-state index is 0.312. The van der Waals surface area contributed by atoms with Gasteiger partial charge in [0.25, 0.3) is 0 Å². The van der Waals surface area contributed by atoms with E-state index in [1.807, 2.05) is 48.5 Å². The summed E-state index contributed by atoms with van der Waals surface area (Å²) in [4.78, 5) is 22.5. The van der Waals surface area contributed by atoms with E-state index in [-0.39, 0.29) is 0 Å². The number of rotatable bonds is 3. The van der Waals surface area contributed by atoms with Crippen LogP contribution in [-0.4, -0.2) is 25.2 Å². The molecule has 0 unspecified atom stereocenters.